The van der Waals surface area contributed by atoms with Crippen LogP contribution < -0.4 is 20.1 Å². The summed E-state index contributed by atoms with van der Waals surface area (Å²) in [5.74, 6) is 0.366. The van der Waals surface area contributed by atoms with Crippen molar-refractivity contribution in [2.75, 3.05) is 16.6 Å². The number of amides is 1. The van der Waals surface area contributed by atoms with E-state index in [9.17, 15) is 13.2 Å². The number of hydrogen-bond donors (Lipinski definition) is 3. The molecule has 202 valence electrons. The molecule has 0 aliphatic rings. The number of nitrogens with one attached hydrogen (secondary N) is 3. The lowest BCUT2D eigenvalue weighted by atomic mass is 10.1. The maximum absolute atomic E-state index is 12.8. The number of anilines is 2. The number of benzene rings is 3. The smallest absolute Gasteiger partial charge is 0.261 e. The van der Waals surface area contributed by atoms with Crippen LogP contribution in [0, 0.1) is 13.8 Å². The van der Waals surface area contributed by atoms with Gasteiger partial charge in [0.25, 0.3) is 15.9 Å². The summed E-state index contributed by atoms with van der Waals surface area (Å²) in [6.45, 7) is 6.67. The van der Waals surface area contributed by atoms with Crippen LogP contribution in [0.4, 0.5) is 11.4 Å². The highest BCUT2D eigenvalue weighted by atomic mass is 32.2. The van der Waals surface area contributed by atoms with Crippen molar-refractivity contribution in [2.24, 2.45) is 0 Å². The zero-order valence-corrected chi connectivity index (χ0v) is 23.7. The van der Waals surface area contributed by atoms with Gasteiger partial charge >= 0.3 is 0 Å². The second kappa shape index (κ2) is 13.9. The Morgan fingerprint density at radius 3 is 2.11 bits per heavy atom. The van der Waals surface area contributed by atoms with E-state index in [0.29, 0.717) is 23.5 Å². The molecule has 0 radical (unpaired) electrons. The number of carbonyl (C=O) groups excluding carboxylic acids is 1. The van der Waals surface area contributed by atoms with Crippen LogP contribution in [0.2, 0.25) is 0 Å². The van der Waals surface area contributed by atoms with Crippen molar-refractivity contribution in [1.29, 1.82) is 0 Å². The normalized spacial score (nSPS) is 11.0. The van der Waals surface area contributed by atoms with E-state index >= 15 is 0 Å². The number of unbranched alkanes of at least 4 members (excludes halogenated alkanes) is 4. The van der Waals surface area contributed by atoms with Crippen molar-refractivity contribution in [2.45, 2.75) is 57.8 Å². The number of ether oxygens (including phenoxy) is 1. The monoisotopic (exact) mass is 553 g/mol. The first-order chi connectivity index (χ1) is 18.2. The van der Waals surface area contributed by atoms with Gasteiger partial charge in [0.2, 0.25) is 0 Å². The first-order valence-electron chi connectivity index (χ1n) is 12.7. The van der Waals surface area contributed by atoms with Gasteiger partial charge in [-0.2, -0.15) is 0 Å². The van der Waals surface area contributed by atoms with Crippen LogP contribution in [-0.2, 0) is 10.0 Å². The fraction of sp³-hybridized carbons (Fsp3) is 0.310. The molecule has 7 nitrogen and oxygen atoms in total. The molecule has 0 aromatic heterocycles. The Morgan fingerprint density at radius 2 is 1.47 bits per heavy atom. The number of aryl methyl sites for hydroxylation is 2. The molecule has 3 N–H and O–H groups in total. The molecule has 38 heavy (non-hydrogen) atoms. The summed E-state index contributed by atoms with van der Waals surface area (Å²) in [6.07, 6.45) is 5.85. The molecule has 1 amide bonds. The SMILES string of the molecule is CCCCCCCOc1ccc(C(=O)NC(=S)Nc2ccc(S(=O)(=O)Nc3cc(C)cc(C)c3)cc2)cc1. The molecule has 0 unspecified atom stereocenters. The van der Waals surface area contributed by atoms with Gasteiger partial charge in [-0.1, -0.05) is 38.7 Å². The first-order valence-corrected chi connectivity index (χ1v) is 14.6. The molecule has 0 bridgehead atoms. The van der Waals surface area contributed by atoms with Crippen LogP contribution in [0.25, 0.3) is 0 Å². The molecule has 3 aromatic rings. The second-order valence-electron chi connectivity index (χ2n) is 9.20. The van der Waals surface area contributed by atoms with E-state index in [1.165, 1.54) is 31.4 Å². The van der Waals surface area contributed by atoms with E-state index in [1.807, 2.05) is 19.9 Å². The summed E-state index contributed by atoms with van der Waals surface area (Å²) >= 11 is 5.26. The van der Waals surface area contributed by atoms with Gasteiger partial charge in [-0.25, -0.2) is 8.42 Å². The molecule has 0 spiro atoms. The molecule has 0 heterocycles. The van der Waals surface area contributed by atoms with Gasteiger partial charge in [0.15, 0.2) is 5.11 Å². The Labute approximate surface area is 231 Å². The van der Waals surface area contributed by atoms with E-state index in [-0.39, 0.29) is 15.9 Å². The minimum Gasteiger partial charge on any atom is -0.494 e. The van der Waals surface area contributed by atoms with Crippen molar-refractivity contribution in [3.63, 3.8) is 0 Å². The lowest BCUT2D eigenvalue weighted by Crippen LogP contribution is -2.34. The Balaban J connectivity index is 1.49. The van der Waals surface area contributed by atoms with E-state index in [1.54, 1.807) is 48.5 Å². The predicted molar refractivity (Wildman–Crippen MR) is 158 cm³/mol. The zero-order chi connectivity index (χ0) is 27.5. The van der Waals surface area contributed by atoms with Crippen LogP contribution in [-0.4, -0.2) is 26.0 Å². The minimum atomic E-state index is -3.75. The van der Waals surface area contributed by atoms with Crippen LogP contribution in [0.1, 0.15) is 60.5 Å². The zero-order valence-electron chi connectivity index (χ0n) is 22.0. The minimum absolute atomic E-state index is 0.103. The van der Waals surface area contributed by atoms with Crippen molar-refractivity contribution in [3.8, 4) is 5.75 Å². The molecule has 3 rings (SSSR count). The van der Waals surface area contributed by atoms with Crippen LogP contribution in [0.3, 0.4) is 0 Å². The molecular formula is C29H35N3O4S2. The maximum atomic E-state index is 12.8. The molecule has 9 heteroatoms. The molecule has 0 saturated carbocycles. The average Bonchev–Trinajstić information content (AvgIpc) is 2.86. The average molecular weight is 554 g/mol. The standard InChI is InChI=1S/C29H35N3O4S2/c1-4-5-6-7-8-17-36-26-13-9-23(10-14-26)28(33)31-29(37)30-24-11-15-27(16-12-24)38(34,35)32-25-19-21(2)18-22(3)20-25/h9-16,18-20,32H,4-8,17H2,1-3H3,(H2,30,31,33,37). The van der Waals surface area contributed by atoms with Crippen molar-refractivity contribution >= 4 is 44.6 Å². The Bertz CT molecular complexity index is 1320. The Kier molecular flexibility index (Phi) is 10.7. The lowest BCUT2D eigenvalue weighted by Gasteiger charge is -2.12. The maximum Gasteiger partial charge on any atom is 0.261 e. The molecular weight excluding hydrogens is 518 g/mol. The number of thiocarbonyl (C=S) groups is 1. The van der Waals surface area contributed by atoms with E-state index in [2.05, 4.69) is 22.3 Å². The third-order valence-electron chi connectivity index (χ3n) is 5.76. The third-order valence-corrected chi connectivity index (χ3v) is 7.36. The Hall–Kier alpha value is -3.43. The highest BCUT2D eigenvalue weighted by molar-refractivity contribution is 7.92. The van der Waals surface area contributed by atoms with Crippen molar-refractivity contribution in [1.82, 2.24) is 5.32 Å². The number of sulfonamides is 1. The highest BCUT2D eigenvalue weighted by Crippen LogP contribution is 2.20. The summed E-state index contributed by atoms with van der Waals surface area (Å²) in [7, 11) is -3.75. The van der Waals surface area contributed by atoms with Gasteiger partial charge in [0.05, 0.1) is 11.5 Å². The quantitative estimate of drug-likeness (QED) is 0.173. The van der Waals surface area contributed by atoms with E-state index in [0.717, 1.165) is 29.7 Å². The largest absolute Gasteiger partial charge is 0.494 e. The van der Waals surface area contributed by atoms with Gasteiger partial charge in [-0.15, -0.1) is 0 Å². The summed E-state index contributed by atoms with van der Waals surface area (Å²) in [5.41, 5.74) is 3.44. The summed E-state index contributed by atoms with van der Waals surface area (Å²) in [4.78, 5) is 12.7. The number of rotatable bonds is 12. The lowest BCUT2D eigenvalue weighted by molar-refractivity contribution is 0.0977. The first kappa shape index (κ1) is 29.1. The van der Waals surface area contributed by atoms with Gasteiger partial charge in [-0.05, 0) is 104 Å². The highest BCUT2D eigenvalue weighted by Gasteiger charge is 2.15. The van der Waals surface area contributed by atoms with E-state index < -0.39 is 10.0 Å². The summed E-state index contributed by atoms with van der Waals surface area (Å²) in [6, 6.07) is 18.5. The van der Waals surface area contributed by atoms with Crippen molar-refractivity contribution in [3.05, 3.63) is 83.4 Å². The van der Waals surface area contributed by atoms with Crippen LogP contribution in [0.5, 0.6) is 5.75 Å². The van der Waals surface area contributed by atoms with Crippen molar-refractivity contribution < 1.29 is 17.9 Å². The second-order valence-corrected chi connectivity index (χ2v) is 11.3. The fourth-order valence-electron chi connectivity index (χ4n) is 3.90. The van der Waals surface area contributed by atoms with Gasteiger partial charge in [0, 0.05) is 16.9 Å². The van der Waals surface area contributed by atoms with Gasteiger partial charge in [0.1, 0.15) is 5.75 Å². The molecule has 0 fully saturated rings. The summed E-state index contributed by atoms with van der Waals surface area (Å²) < 4.78 is 33.9. The predicted octanol–water partition coefficient (Wildman–Crippen LogP) is 6.58. The van der Waals surface area contributed by atoms with Gasteiger partial charge < -0.3 is 10.1 Å². The third kappa shape index (κ3) is 9.15. The molecule has 0 aliphatic heterocycles. The topological polar surface area (TPSA) is 96.5 Å². The molecule has 0 aliphatic carbocycles. The van der Waals surface area contributed by atoms with Crippen LogP contribution in [0.15, 0.2) is 71.6 Å². The summed E-state index contributed by atoms with van der Waals surface area (Å²) in [5, 5.41) is 5.64. The molecule has 3 aromatic carbocycles. The van der Waals surface area contributed by atoms with Gasteiger partial charge in [-0.3, -0.25) is 14.8 Å². The van der Waals surface area contributed by atoms with Crippen LogP contribution >= 0.6 is 12.2 Å². The molecule has 0 saturated heterocycles. The number of carbonyl (C=O) groups is 1. The number of hydrogen-bond acceptors (Lipinski definition) is 5. The Morgan fingerprint density at radius 1 is 0.842 bits per heavy atom. The fourth-order valence-corrected chi connectivity index (χ4v) is 5.15. The van der Waals surface area contributed by atoms with E-state index in [4.69, 9.17) is 17.0 Å². The molecule has 0 atom stereocenters.